The Balaban J connectivity index is 1.66. The van der Waals surface area contributed by atoms with E-state index in [9.17, 15) is 14.3 Å². The number of hydrogen-bond acceptors (Lipinski definition) is 5. The molecule has 5 rings (SSSR count). The van der Waals surface area contributed by atoms with Gasteiger partial charge in [-0.1, -0.05) is 42.5 Å². The molecular formula is C30H28FNO5. The zero-order chi connectivity index (χ0) is 25.8. The summed E-state index contributed by atoms with van der Waals surface area (Å²) in [5, 5.41) is 11.0. The third kappa shape index (κ3) is 5.57. The number of hydrogen-bond donors (Lipinski definition) is 1. The van der Waals surface area contributed by atoms with Gasteiger partial charge >= 0.3 is 5.97 Å². The number of halogens is 1. The molecule has 1 N–H and O–H groups in total. The van der Waals surface area contributed by atoms with Gasteiger partial charge in [-0.3, -0.25) is 0 Å². The number of carbonyl (C=O) groups is 1. The number of carboxylic acids is 1. The van der Waals surface area contributed by atoms with Crippen LogP contribution in [-0.4, -0.2) is 35.4 Å². The van der Waals surface area contributed by atoms with E-state index in [-0.39, 0.29) is 17.6 Å². The standard InChI is InChI=1S/C30H28FNO5/c1-19(30(33)34)37-29-26-17-24(36-18-20-5-3-2-4-6-20)11-12-25(26)27(21-7-9-23(31)10-8-21)28(32-29)22-13-15-35-16-14-22/h2-12,17,19,22H,13-16,18H2,1H3,(H,33,34)/t19-/m0/s1. The number of carboxylic acid groups (broad SMARTS) is 1. The lowest BCUT2D eigenvalue weighted by Crippen LogP contribution is -2.24. The quantitative estimate of drug-likeness (QED) is 0.302. The maximum Gasteiger partial charge on any atom is 0.344 e. The zero-order valence-electron chi connectivity index (χ0n) is 20.5. The van der Waals surface area contributed by atoms with Crippen LogP contribution < -0.4 is 9.47 Å². The van der Waals surface area contributed by atoms with Gasteiger partial charge in [0.15, 0.2) is 6.10 Å². The van der Waals surface area contributed by atoms with Gasteiger partial charge in [-0.25, -0.2) is 14.2 Å². The van der Waals surface area contributed by atoms with Crippen LogP contribution in [0.2, 0.25) is 0 Å². The minimum absolute atomic E-state index is 0.0923. The monoisotopic (exact) mass is 501 g/mol. The highest BCUT2D eigenvalue weighted by Gasteiger charge is 2.26. The lowest BCUT2D eigenvalue weighted by molar-refractivity contribution is -0.144. The van der Waals surface area contributed by atoms with Crippen molar-refractivity contribution in [2.75, 3.05) is 13.2 Å². The van der Waals surface area contributed by atoms with Gasteiger partial charge < -0.3 is 19.3 Å². The van der Waals surface area contributed by atoms with Gasteiger partial charge in [-0.15, -0.1) is 0 Å². The van der Waals surface area contributed by atoms with Crippen molar-refractivity contribution in [2.45, 2.75) is 38.4 Å². The lowest BCUT2D eigenvalue weighted by atomic mass is 9.87. The highest BCUT2D eigenvalue weighted by molar-refractivity contribution is 6.01. The van der Waals surface area contributed by atoms with Gasteiger partial charge in [0.25, 0.3) is 0 Å². The highest BCUT2D eigenvalue weighted by Crippen LogP contribution is 2.42. The smallest absolute Gasteiger partial charge is 0.344 e. The van der Waals surface area contributed by atoms with Crippen molar-refractivity contribution in [3.63, 3.8) is 0 Å². The van der Waals surface area contributed by atoms with Gasteiger partial charge in [0.2, 0.25) is 5.88 Å². The zero-order valence-corrected chi connectivity index (χ0v) is 20.5. The molecule has 2 heterocycles. The minimum atomic E-state index is -1.09. The van der Waals surface area contributed by atoms with E-state index in [4.69, 9.17) is 19.2 Å². The number of benzene rings is 3. The molecule has 1 aromatic heterocycles. The van der Waals surface area contributed by atoms with Gasteiger partial charge in [-0.05, 0) is 66.6 Å². The van der Waals surface area contributed by atoms with Crippen molar-refractivity contribution in [3.8, 4) is 22.8 Å². The van der Waals surface area contributed by atoms with Crippen LogP contribution in [0.3, 0.4) is 0 Å². The first-order valence-electron chi connectivity index (χ1n) is 12.4. The molecular weight excluding hydrogens is 473 g/mol. The fraction of sp³-hybridized carbons (Fsp3) is 0.267. The van der Waals surface area contributed by atoms with Gasteiger partial charge in [0.05, 0.1) is 5.69 Å². The SMILES string of the molecule is C[C@H](Oc1nc(C2CCOCC2)c(-c2ccc(F)cc2)c2ccc(OCc3ccccc3)cc12)C(=O)O. The van der Waals surface area contributed by atoms with Crippen molar-refractivity contribution < 1.29 is 28.5 Å². The molecule has 0 saturated carbocycles. The lowest BCUT2D eigenvalue weighted by Gasteiger charge is -2.26. The molecule has 37 heavy (non-hydrogen) atoms. The third-order valence-electron chi connectivity index (χ3n) is 6.59. The predicted molar refractivity (Wildman–Crippen MR) is 138 cm³/mol. The van der Waals surface area contributed by atoms with E-state index in [1.54, 1.807) is 12.1 Å². The number of nitrogens with zero attached hydrogens (tertiary/aromatic N) is 1. The molecule has 1 aliphatic heterocycles. The third-order valence-corrected chi connectivity index (χ3v) is 6.59. The second-order valence-corrected chi connectivity index (χ2v) is 9.15. The van der Waals surface area contributed by atoms with Crippen LogP contribution in [0.5, 0.6) is 11.6 Å². The molecule has 1 fully saturated rings. The molecule has 0 amide bonds. The summed E-state index contributed by atoms with van der Waals surface area (Å²) in [5.41, 5.74) is 3.54. The van der Waals surface area contributed by atoms with E-state index < -0.39 is 12.1 Å². The van der Waals surface area contributed by atoms with Crippen LogP contribution in [0.4, 0.5) is 4.39 Å². The molecule has 0 bridgehead atoms. The topological polar surface area (TPSA) is 77.9 Å². The average molecular weight is 502 g/mol. The molecule has 4 aromatic rings. The van der Waals surface area contributed by atoms with Gasteiger partial charge in [0.1, 0.15) is 18.2 Å². The van der Waals surface area contributed by atoms with E-state index >= 15 is 0 Å². The molecule has 0 aliphatic carbocycles. The Labute approximate surface area is 214 Å². The minimum Gasteiger partial charge on any atom is -0.489 e. The van der Waals surface area contributed by atoms with Crippen LogP contribution >= 0.6 is 0 Å². The molecule has 1 atom stereocenters. The summed E-state index contributed by atoms with van der Waals surface area (Å²) in [6, 6.07) is 21.8. The molecule has 1 aliphatic rings. The first-order valence-corrected chi connectivity index (χ1v) is 12.4. The molecule has 1 saturated heterocycles. The van der Waals surface area contributed by atoms with E-state index in [0.717, 1.165) is 40.6 Å². The Kier molecular flexibility index (Phi) is 7.32. The number of pyridine rings is 1. The molecule has 0 unspecified atom stereocenters. The van der Waals surface area contributed by atoms with Gasteiger partial charge in [-0.2, -0.15) is 0 Å². The number of aliphatic carboxylic acids is 1. The van der Waals surface area contributed by atoms with Crippen LogP contribution in [0.1, 0.15) is 36.9 Å². The molecule has 6 nitrogen and oxygen atoms in total. The summed E-state index contributed by atoms with van der Waals surface area (Å²) >= 11 is 0. The summed E-state index contributed by atoms with van der Waals surface area (Å²) in [6.07, 6.45) is 0.460. The van der Waals surface area contributed by atoms with E-state index in [0.29, 0.717) is 31.0 Å². The summed E-state index contributed by atoms with van der Waals surface area (Å²) in [7, 11) is 0. The largest absolute Gasteiger partial charge is 0.489 e. The molecule has 0 spiro atoms. The first kappa shape index (κ1) is 24.7. The van der Waals surface area contributed by atoms with Crippen molar-refractivity contribution in [2.24, 2.45) is 0 Å². The Morgan fingerprint density at radius 2 is 1.78 bits per heavy atom. The van der Waals surface area contributed by atoms with E-state index in [2.05, 4.69) is 0 Å². The van der Waals surface area contributed by atoms with Crippen LogP contribution in [-0.2, 0) is 16.1 Å². The Bertz CT molecular complexity index is 1390. The van der Waals surface area contributed by atoms with E-state index in [1.807, 2.05) is 48.5 Å². The summed E-state index contributed by atoms with van der Waals surface area (Å²) < 4.78 is 31.3. The molecule has 0 radical (unpaired) electrons. The normalized spacial score (nSPS) is 14.9. The van der Waals surface area contributed by atoms with Crippen molar-refractivity contribution in [3.05, 3.63) is 89.9 Å². The second kappa shape index (κ2) is 11.0. The fourth-order valence-corrected chi connectivity index (χ4v) is 4.61. The summed E-state index contributed by atoms with van der Waals surface area (Å²) in [6.45, 7) is 3.09. The first-order chi connectivity index (χ1) is 18.0. The van der Waals surface area contributed by atoms with Crippen molar-refractivity contribution >= 4 is 16.7 Å². The maximum absolute atomic E-state index is 13.8. The Morgan fingerprint density at radius 1 is 1.05 bits per heavy atom. The molecule has 190 valence electrons. The molecule has 3 aromatic carbocycles. The molecule has 7 heteroatoms. The number of ether oxygens (including phenoxy) is 3. The van der Waals surface area contributed by atoms with E-state index in [1.165, 1.54) is 19.1 Å². The second-order valence-electron chi connectivity index (χ2n) is 9.15. The van der Waals surface area contributed by atoms with Crippen LogP contribution in [0, 0.1) is 5.82 Å². The fourth-order valence-electron chi connectivity index (χ4n) is 4.61. The van der Waals surface area contributed by atoms with Crippen molar-refractivity contribution in [1.29, 1.82) is 0 Å². The predicted octanol–water partition coefficient (Wildman–Crippen LogP) is 6.37. The highest BCUT2D eigenvalue weighted by atomic mass is 19.1. The number of fused-ring (bicyclic) bond motifs is 1. The maximum atomic E-state index is 13.8. The van der Waals surface area contributed by atoms with Crippen LogP contribution in [0.15, 0.2) is 72.8 Å². The van der Waals surface area contributed by atoms with Crippen LogP contribution in [0.25, 0.3) is 21.9 Å². The van der Waals surface area contributed by atoms with Crippen molar-refractivity contribution in [1.82, 2.24) is 4.98 Å². The number of aromatic nitrogens is 1. The van der Waals surface area contributed by atoms with Gasteiger partial charge in [0, 0.05) is 30.1 Å². The summed E-state index contributed by atoms with van der Waals surface area (Å²) in [5.74, 6) is -0.464. The average Bonchev–Trinajstić information content (AvgIpc) is 2.93. The Hall–Kier alpha value is -3.97. The Morgan fingerprint density at radius 3 is 2.49 bits per heavy atom. The summed E-state index contributed by atoms with van der Waals surface area (Å²) in [4.78, 5) is 16.6. The number of rotatable bonds is 8.